The van der Waals surface area contributed by atoms with Crippen molar-refractivity contribution in [1.82, 2.24) is 15.1 Å². The molecule has 2 saturated heterocycles. The van der Waals surface area contributed by atoms with E-state index in [1.807, 2.05) is 7.05 Å². The minimum Gasteiger partial charge on any atom is -0.341 e. The summed E-state index contributed by atoms with van der Waals surface area (Å²) in [5, 5.41) is 3.35. The lowest BCUT2D eigenvalue weighted by Crippen LogP contribution is -2.54. The molecule has 2 aliphatic heterocycles. The van der Waals surface area contributed by atoms with Crippen LogP contribution < -0.4 is 5.32 Å². The molecule has 5 heteroatoms. The van der Waals surface area contributed by atoms with Gasteiger partial charge in [0.15, 0.2) is 0 Å². The number of nitrogens with zero attached hydrogens (tertiary/aromatic N) is 2. The van der Waals surface area contributed by atoms with Crippen molar-refractivity contribution in [3.8, 4) is 0 Å². The Labute approximate surface area is 129 Å². The average molecular weight is 304 g/mol. The normalized spacial score (nSPS) is 26.9. The van der Waals surface area contributed by atoms with E-state index < -0.39 is 0 Å². The SMILES string of the molecule is CNC1CCCN(C(C)C(=O)N2CCC(C)CC2)C1.Cl. The van der Waals surface area contributed by atoms with Crippen LogP contribution in [0.5, 0.6) is 0 Å². The standard InChI is InChI=1S/C15H29N3O.ClH/c1-12-6-9-17(10-7-12)15(19)13(2)18-8-4-5-14(11-18)16-3;/h12-14,16H,4-11H2,1-3H3;1H. The number of likely N-dealkylation sites (tertiary alicyclic amines) is 2. The quantitative estimate of drug-likeness (QED) is 0.863. The predicted molar refractivity (Wildman–Crippen MR) is 85.3 cm³/mol. The second-order valence-corrected chi connectivity index (χ2v) is 6.31. The monoisotopic (exact) mass is 303 g/mol. The average Bonchev–Trinajstić information content (AvgIpc) is 2.46. The summed E-state index contributed by atoms with van der Waals surface area (Å²) in [6.07, 6.45) is 4.75. The van der Waals surface area contributed by atoms with E-state index in [0.29, 0.717) is 11.9 Å². The maximum absolute atomic E-state index is 12.6. The fourth-order valence-electron chi connectivity index (χ4n) is 3.24. The summed E-state index contributed by atoms with van der Waals surface area (Å²) in [7, 11) is 2.02. The van der Waals surface area contributed by atoms with Crippen LogP contribution >= 0.6 is 12.4 Å². The van der Waals surface area contributed by atoms with Gasteiger partial charge in [0.2, 0.25) is 5.91 Å². The summed E-state index contributed by atoms with van der Waals surface area (Å²) in [4.78, 5) is 17.0. The Bertz CT molecular complexity index is 305. The number of amides is 1. The third kappa shape index (κ3) is 4.34. The van der Waals surface area contributed by atoms with Crippen LogP contribution in [-0.2, 0) is 4.79 Å². The van der Waals surface area contributed by atoms with Crippen LogP contribution in [0.1, 0.15) is 39.5 Å². The van der Waals surface area contributed by atoms with Crippen LogP contribution in [0, 0.1) is 5.92 Å². The van der Waals surface area contributed by atoms with E-state index in [-0.39, 0.29) is 18.4 Å². The van der Waals surface area contributed by atoms with E-state index in [2.05, 4.69) is 29.0 Å². The van der Waals surface area contributed by atoms with Crippen LogP contribution in [0.25, 0.3) is 0 Å². The van der Waals surface area contributed by atoms with Crippen molar-refractivity contribution in [1.29, 1.82) is 0 Å². The lowest BCUT2D eigenvalue weighted by molar-refractivity contribution is -0.138. The van der Waals surface area contributed by atoms with Gasteiger partial charge in [0, 0.05) is 25.7 Å². The molecule has 2 unspecified atom stereocenters. The Morgan fingerprint density at radius 2 is 1.85 bits per heavy atom. The first-order valence-corrected chi connectivity index (χ1v) is 7.82. The zero-order valence-corrected chi connectivity index (χ0v) is 13.9. The first-order chi connectivity index (χ1) is 9.11. The van der Waals surface area contributed by atoms with Gasteiger partial charge in [-0.1, -0.05) is 6.92 Å². The van der Waals surface area contributed by atoms with Gasteiger partial charge in [0.05, 0.1) is 6.04 Å². The minimum absolute atomic E-state index is 0. The largest absolute Gasteiger partial charge is 0.341 e. The summed E-state index contributed by atoms with van der Waals surface area (Å²) in [6.45, 7) is 8.34. The van der Waals surface area contributed by atoms with Crippen molar-refractivity contribution < 1.29 is 4.79 Å². The zero-order chi connectivity index (χ0) is 13.8. The number of nitrogens with one attached hydrogen (secondary N) is 1. The van der Waals surface area contributed by atoms with E-state index in [0.717, 1.165) is 44.9 Å². The summed E-state index contributed by atoms with van der Waals surface area (Å²) in [5.41, 5.74) is 0. The van der Waals surface area contributed by atoms with Crippen LogP contribution in [0.3, 0.4) is 0 Å². The molecule has 0 aliphatic carbocycles. The highest BCUT2D eigenvalue weighted by Gasteiger charge is 2.30. The second-order valence-electron chi connectivity index (χ2n) is 6.31. The van der Waals surface area contributed by atoms with Crippen molar-refractivity contribution in [2.45, 2.75) is 51.6 Å². The number of carbonyl (C=O) groups excluding carboxylic acids is 1. The van der Waals surface area contributed by atoms with Crippen LogP contribution in [-0.4, -0.2) is 61.0 Å². The van der Waals surface area contributed by atoms with E-state index in [1.54, 1.807) is 0 Å². The second kappa shape index (κ2) is 8.20. The molecule has 0 aromatic carbocycles. The molecule has 4 nitrogen and oxygen atoms in total. The molecule has 2 fully saturated rings. The highest BCUT2D eigenvalue weighted by molar-refractivity contribution is 5.85. The zero-order valence-electron chi connectivity index (χ0n) is 13.1. The smallest absolute Gasteiger partial charge is 0.239 e. The van der Waals surface area contributed by atoms with Gasteiger partial charge in [-0.3, -0.25) is 9.69 Å². The van der Waals surface area contributed by atoms with E-state index in [9.17, 15) is 4.79 Å². The van der Waals surface area contributed by atoms with Crippen molar-refractivity contribution in [3.05, 3.63) is 0 Å². The topological polar surface area (TPSA) is 35.6 Å². The molecule has 1 N–H and O–H groups in total. The fraction of sp³-hybridized carbons (Fsp3) is 0.933. The van der Waals surface area contributed by atoms with Crippen LogP contribution in [0.15, 0.2) is 0 Å². The number of hydrogen-bond donors (Lipinski definition) is 1. The van der Waals surface area contributed by atoms with E-state index in [1.165, 1.54) is 12.8 Å². The Hall–Kier alpha value is -0.320. The summed E-state index contributed by atoms with van der Waals surface area (Å²) in [6, 6.07) is 0.593. The molecule has 2 aliphatic rings. The number of halogens is 1. The van der Waals surface area contributed by atoms with Crippen molar-refractivity contribution in [3.63, 3.8) is 0 Å². The van der Waals surface area contributed by atoms with Crippen molar-refractivity contribution in [2.24, 2.45) is 5.92 Å². The van der Waals surface area contributed by atoms with Gasteiger partial charge in [-0.25, -0.2) is 0 Å². The number of hydrogen-bond acceptors (Lipinski definition) is 3. The third-order valence-electron chi connectivity index (χ3n) is 4.86. The Balaban J connectivity index is 0.00000200. The van der Waals surface area contributed by atoms with Crippen LogP contribution in [0.4, 0.5) is 0 Å². The molecule has 2 heterocycles. The maximum atomic E-state index is 12.6. The molecule has 0 bridgehead atoms. The molecular weight excluding hydrogens is 274 g/mol. The number of carbonyl (C=O) groups is 1. The molecule has 118 valence electrons. The molecule has 2 atom stereocenters. The van der Waals surface area contributed by atoms with Gasteiger partial charge in [-0.2, -0.15) is 0 Å². The van der Waals surface area contributed by atoms with E-state index >= 15 is 0 Å². The Kier molecular flexibility index (Phi) is 7.27. The van der Waals surface area contributed by atoms with Gasteiger partial charge in [0.1, 0.15) is 0 Å². The molecule has 2 rings (SSSR count). The number of likely N-dealkylation sites (N-methyl/N-ethyl adjacent to an activating group) is 1. The fourth-order valence-corrected chi connectivity index (χ4v) is 3.24. The molecule has 1 amide bonds. The van der Waals surface area contributed by atoms with Crippen molar-refractivity contribution in [2.75, 3.05) is 33.2 Å². The predicted octanol–water partition coefficient (Wildman–Crippen LogP) is 1.74. The number of piperidine rings is 2. The highest BCUT2D eigenvalue weighted by atomic mass is 35.5. The summed E-state index contributed by atoms with van der Waals surface area (Å²) >= 11 is 0. The minimum atomic E-state index is 0. The van der Waals surface area contributed by atoms with E-state index in [4.69, 9.17) is 0 Å². The highest BCUT2D eigenvalue weighted by Crippen LogP contribution is 2.19. The molecule has 0 aromatic rings. The Morgan fingerprint density at radius 3 is 2.45 bits per heavy atom. The molecule has 0 spiro atoms. The third-order valence-corrected chi connectivity index (χ3v) is 4.86. The van der Waals surface area contributed by atoms with Gasteiger partial charge < -0.3 is 10.2 Å². The first kappa shape index (κ1) is 17.7. The maximum Gasteiger partial charge on any atom is 0.239 e. The first-order valence-electron chi connectivity index (χ1n) is 7.82. The lowest BCUT2D eigenvalue weighted by Gasteiger charge is -2.39. The summed E-state index contributed by atoms with van der Waals surface area (Å²) < 4.78 is 0. The van der Waals surface area contributed by atoms with Gasteiger partial charge >= 0.3 is 0 Å². The molecular formula is C15H30ClN3O. The molecule has 0 radical (unpaired) electrons. The number of rotatable bonds is 3. The van der Waals surface area contributed by atoms with Gasteiger partial charge in [0.25, 0.3) is 0 Å². The van der Waals surface area contributed by atoms with Gasteiger partial charge in [-0.15, -0.1) is 12.4 Å². The van der Waals surface area contributed by atoms with Crippen molar-refractivity contribution >= 4 is 18.3 Å². The summed E-state index contributed by atoms with van der Waals surface area (Å²) in [5.74, 6) is 1.12. The van der Waals surface area contributed by atoms with Gasteiger partial charge in [-0.05, 0) is 52.1 Å². The molecule has 0 saturated carbocycles. The molecule has 20 heavy (non-hydrogen) atoms. The lowest BCUT2D eigenvalue weighted by atomic mass is 9.98. The molecule has 0 aromatic heterocycles. The Morgan fingerprint density at radius 1 is 1.20 bits per heavy atom. The van der Waals surface area contributed by atoms with Crippen LogP contribution in [0.2, 0.25) is 0 Å².